The Morgan fingerprint density at radius 2 is 2.00 bits per heavy atom. The first-order valence-corrected chi connectivity index (χ1v) is 11.0. The summed E-state index contributed by atoms with van der Waals surface area (Å²) in [6, 6.07) is 10.4. The molecule has 7 nitrogen and oxygen atoms in total. The van der Waals surface area contributed by atoms with E-state index in [-0.39, 0.29) is 24.8 Å². The number of carbonyl (C=O) groups excluding carboxylic acids is 1. The Morgan fingerprint density at radius 3 is 2.87 bits per heavy atom. The molecule has 1 amide bonds. The number of nitrogens with zero attached hydrogens (tertiary/aromatic N) is 4. The topological polar surface area (TPSA) is 59.8 Å². The predicted molar refractivity (Wildman–Crippen MR) is 112 cm³/mol. The first-order valence-electron chi connectivity index (χ1n) is 10.2. The molecule has 1 fully saturated rings. The third-order valence-electron chi connectivity index (χ3n) is 6.19. The molecule has 154 valence electrons. The lowest BCUT2D eigenvalue weighted by molar-refractivity contribution is 0.0553. The third kappa shape index (κ3) is 2.90. The number of thiazole rings is 1. The minimum Gasteiger partial charge on any atom is -0.454 e. The summed E-state index contributed by atoms with van der Waals surface area (Å²) in [7, 11) is 0. The Hall–Kier alpha value is -2.84. The number of amides is 1. The maximum absolute atomic E-state index is 13.3. The zero-order valence-electron chi connectivity index (χ0n) is 16.7. The zero-order chi connectivity index (χ0) is 20.2. The molecule has 0 unspecified atom stereocenters. The fourth-order valence-corrected chi connectivity index (χ4v) is 5.46. The minimum atomic E-state index is 0.0943. The second-order valence-electron chi connectivity index (χ2n) is 8.11. The van der Waals surface area contributed by atoms with Gasteiger partial charge in [0, 0.05) is 31.2 Å². The summed E-state index contributed by atoms with van der Waals surface area (Å²) in [5.41, 5.74) is 2.94. The molecule has 3 aromatic rings. The third-order valence-corrected chi connectivity index (χ3v) is 7.02. The zero-order valence-corrected chi connectivity index (χ0v) is 17.5. The average Bonchev–Trinajstić information content (AvgIpc) is 3.51. The molecule has 8 heteroatoms. The van der Waals surface area contributed by atoms with Crippen LogP contribution in [0.2, 0.25) is 0 Å². The van der Waals surface area contributed by atoms with E-state index < -0.39 is 0 Å². The van der Waals surface area contributed by atoms with Crippen LogP contribution in [0.4, 0.5) is 0 Å². The molecule has 2 aromatic heterocycles. The summed E-state index contributed by atoms with van der Waals surface area (Å²) in [6.45, 7) is 5.41. The molecular weight excluding hydrogens is 400 g/mol. The van der Waals surface area contributed by atoms with Gasteiger partial charge in [-0.15, -0.1) is 11.3 Å². The number of ether oxygens (including phenoxy) is 2. The van der Waals surface area contributed by atoms with Gasteiger partial charge >= 0.3 is 0 Å². The normalized spacial score (nSPS) is 22.4. The fraction of sp³-hybridized carbons (Fsp3) is 0.364. The van der Waals surface area contributed by atoms with Gasteiger partial charge in [-0.2, -0.15) is 0 Å². The van der Waals surface area contributed by atoms with Gasteiger partial charge < -0.3 is 18.9 Å². The number of hydrogen-bond acceptors (Lipinski definition) is 6. The highest BCUT2D eigenvalue weighted by Crippen LogP contribution is 2.37. The second-order valence-corrected chi connectivity index (χ2v) is 9.17. The molecule has 1 aromatic carbocycles. The van der Waals surface area contributed by atoms with E-state index in [0.29, 0.717) is 6.54 Å². The standard InChI is InChI=1S/C22H22N4O3S/c1-14-23-16(12-30-14)9-26-19-11-24(8-15-4-5-20-21(7-15)29-13-28-20)10-18(19)25-6-2-3-17(25)22(26)27/h2-7,12,18-19H,8-11,13H2,1H3/t18-,19-/m0/s1. The van der Waals surface area contributed by atoms with E-state index >= 15 is 0 Å². The Labute approximate surface area is 178 Å². The molecule has 2 atom stereocenters. The molecule has 5 heterocycles. The quantitative estimate of drug-likeness (QED) is 0.647. The summed E-state index contributed by atoms with van der Waals surface area (Å²) in [4.78, 5) is 22.3. The van der Waals surface area contributed by atoms with E-state index in [4.69, 9.17) is 9.47 Å². The van der Waals surface area contributed by atoms with Crippen molar-refractivity contribution >= 4 is 17.2 Å². The molecular formula is C22H22N4O3S. The number of likely N-dealkylation sites (tertiary alicyclic amines) is 1. The van der Waals surface area contributed by atoms with Crippen LogP contribution in [0.25, 0.3) is 0 Å². The van der Waals surface area contributed by atoms with E-state index in [2.05, 4.69) is 32.0 Å². The number of benzene rings is 1. The number of rotatable bonds is 4. The summed E-state index contributed by atoms with van der Waals surface area (Å²) >= 11 is 1.63. The van der Waals surface area contributed by atoms with Gasteiger partial charge in [-0.3, -0.25) is 9.69 Å². The van der Waals surface area contributed by atoms with Crippen LogP contribution in [-0.2, 0) is 13.1 Å². The van der Waals surface area contributed by atoms with Gasteiger partial charge in [-0.25, -0.2) is 4.98 Å². The maximum atomic E-state index is 13.3. The van der Waals surface area contributed by atoms with Crippen LogP contribution in [0.3, 0.4) is 0 Å². The number of aromatic nitrogens is 2. The first-order chi connectivity index (χ1) is 14.7. The average molecular weight is 423 g/mol. The Kier molecular flexibility index (Phi) is 4.10. The van der Waals surface area contributed by atoms with E-state index in [1.54, 1.807) is 11.3 Å². The second kappa shape index (κ2) is 6.85. The molecule has 0 saturated carbocycles. The highest BCUT2D eigenvalue weighted by atomic mass is 32.1. The van der Waals surface area contributed by atoms with Crippen LogP contribution in [0.15, 0.2) is 41.9 Å². The van der Waals surface area contributed by atoms with Crippen molar-refractivity contribution in [2.45, 2.75) is 32.1 Å². The Balaban J connectivity index is 1.27. The summed E-state index contributed by atoms with van der Waals surface area (Å²) in [6.07, 6.45) is 2.04. The van der Waals surface area contributed by atoms with Gasteiger partial charge in [0.05, 0.1) is 29.3 Å². The largest absolute Gasteiger partial charge is 0.454 e. The van der Waals surface area contributed by atoms with Gasteiger partial charge in [0.1, 0.15) is 5.69 Å². The lowest BCUT2D eigenvalue weighted by atomic mass is 10.1. The predicted octanol–water partition coefficient (Wildman–Crippen LogP) is 3.06. The van der Waals surface area contributed by atoms with Crippen LogP contribution in [0.5, 0.6) is 11.5 Å². The summed E-state index contributed by atoms with van der Waals surface area (Å²) < 4.78 is 13.1. The van der Waals surface area contributed by atoms with Crippen molar-refractivity contribution < 1.29 is 14.3 Å². The maximum Gasteiger partial charge on any atom is 0.271 e. The number of aryl methyl sites for hydroxylation is 1. The minimum absolute atomic E-state index is 0.0943. The van der Waals surface area contributed by atoms with Crippen LogP contribution in [0.1, 0.15) is 32.8 Å². The van der Waals surface area contributed by atoms with Crippen molar-refractivity contribution in [2.24, 2.45) is 0 Å². The SMILES string of the molecule is Cc1nc(CN2C(=O)c3cccn3[C@H]3CN(Cc4ccc5c(c4)OCO5)C[C@@H]32)cs1. The van der Waals surface area contributed by atoms with E-state index in [1.165, 1.54) is 5.56 Å². The summed E-state index contributed by atoms with van der Waals surface area (Å²) in [5, 5.41) is 3.09. The van der Waals surface area contributed by atoms with Gasteiger partial charge in [0.15, 0.2) is 11.5 Å². The van der Waals surface area contributed by atoms with Gasteiger partial charge in [0.2, 0.25) is 6.79 Å². The number of carbonyl (C=O) groups is 1. The van der Waals surface area contributed by atoms with Crippen molar-refractivity contribution in [2.75, 3.05) is 19.9 Å². The van der Waals surface area contributed by atoms with Gasteiger partial charge in [-0.05, 0) is 36.8 Å². The van der Waals surface area contributed by atoms with Gasteiger partial charge in [0.25, 0.3) is 5.91 Å². The first kappa shape index (κ1) is 18.0. The van der Waals surface area contributed by atoms with Crippen LogP contribution >= 0.6 is 11.3 Å². The van der Waals surface area contributed by atoms with Crippen LogP contribution in [0, 0.1) is 6.92 Å². The number of fused-ring (bicyclic) bond motifs is 4. The molecule has 3 aliphatic heterocycles. The van der Waals surface area contributed by atoms with E-state index in [0.717, 1.165) is 47.5 Å². The monoisotopic (exact) mass is 422 g/mol. The lowest BCUT2D eigenvalue weighted by Crippen LogP contribution is -2.49. The lowest BCUT2D eigenvalue weighted by Gasteiger charge is -2.38. The van der Waals surface area contributed by atoms with Crippen molar-refractivity contribution in [3.05, 3.63) is 63.9 Å². The van der Waals surface area contributed by atoms with E-state index in [9.17, 15) is 4.79 Å². The number of hydrogen-bond donors (Lipinski definition) is 0. The van der Waals surface area contributed by atoms with Crippen molar-refractivity contribution in [3.63, 3.8) is 0 Å². The van der Waals surface area contributed by atoms with Crippen LogP contribution < -0.4 is 9.47 Å². The molecule has 30 heavy (non-hydrogen) atoms. The highest BCUT2D eigenvalue weighted by Gasteiger charge is 2.45. The smallest absolute Gasteiger partial charge is 0.271 e. The van der Waals surface area contributed by atoms with Crippen LogP contribution in [-0.4, -0.2) is 51.2 Å². The van der Waals surface area contributed by atoms with Crippen molar-refractivity contribution in [3.8, 4) is 11.5 Å². The van der Waals surface area contributed by atoms with E-state index in [1.807, 2.05) is 36.2 Å². The van der Waals surface area contributed by atoms with Crippen molar-refractivity contribution in [1.82, 2.24) is 19.4 Å². The molecule has 0 bridgehead atoms. The highest BCUT2D eigenvalue weighted by molar-refractivity contribution is 7.09. The molecule has 3 aliphatic rings. The molecule has 0 aliphatic carbocycles. The molecule has 1 saturated heterocycles. The summed E-state index contributed by atoms with van der Waals surface area (Å²) in [5.74, 6) is 1.71. The Bertz CT molecular complexity index is 1120. The molecule has 0 radical (unpaired) electrons. The molecule has 0 N–H and O–H groups in total. The molecule has 0 spiro atoms. The van der Waals surface area contributed by atoms with Gasteiger partial charge in [-0.1, -0.05) is 6.07 Å². The van der Waals surface area contributed by atoms with Crippen molar-refractivity contribution in [1.29, 1.82) is 0 Å². The Morgan fingerprint density at radius 1 is 1.13 bits per heavy atom. The fourth-order valence-electron chi connectivity index (χ4n) is 4.86. The molecule has 6 rings (SSSR count).